The molecule has 3 heterocycles. The van der Waals surface area contributed by atoms with Crippen LogP contribution in [0.5, 0.6) is 0 Å². The number of aromatic nitrogens is 4. The second kappa shape index (κ2) is 9.38. The molecule has 9 heteroatoms. The summed E-state index contributed by atoms with van der Waals surface area (Å²) >= 11 is 3.03. The minimum atomic E-state index is -0.362. The van der Waals surface area contributed by atoms with E-state index >= 15 is 0 Å². The number of fused-ring (bicyclic) bond motifs is 3. The number of nitrogens with zero attached hydrogens (tertiary/aromatic N) is 4. The Morgan fingerprint density at radius 2 is 1.79 bits per heavy atom. The summed E-state index contributed by atoms with van der Waals surface area (Å²) in [6.45, 7) is 0.522. The van der Waals surface area contributed by atoms with Crippen LogP contribution in [0, 0.1) is 0 Å². The highest BCUT2D eigenvalue weighted by molar-refractivity contribution is 7.98. The maximum absolute atomic E-state index is 13.7. The lowest BCUT2D eigenvalue weighted by molar-refractivity contribution is 0.594. The first kappa shape index (κ1) is 22.9. The Morgan fingerprint density at radius 3 is 2.59 bits per heavy atom. The van der Waals surface area contributed by atoms with E-state index in [1.54, 1.807) is 23.0 Å². The third-order valence-corrected chi connectivity index (χ3v) is 8.68. The van der Waals surface area contributed by atoms with E-state index in [-0.39, 0.29) is 16.8 Å². The van der Waals surface area contributed by atoms with Crippen LogP contribution in [0.25, 0.3) is 10.2 Å². The van der Waals surface area contributed by atoms with E-state index in [0.29, 0.717) is 23.1 Å². The molecular weight excluding hydrogens is 468 g/mol. The van der Waals surface area contributed by atoms with E-state index in [2.05, 4.69) is 12.1 Å². The van der Waals surface area contributed by atoms with Crippen molar-refractivity contribution in [3.8, 4) is 0 Å². The lowest BCUT2D eigenvalue weighted by atomic mass is 9.97. The van der Waals surface area contributed by atoms with E-state index < -0.39 is 0 Å². The molecule has 3 aromatic heterocycles. The van der Waals surface area contributed by atoms with Crippen molar-refractivity contribution in [2.45, 2.75) is 49.6 Å². The maximum atomic E-state index is 13.7. The number of aryl methyl sites for hydroxylation is 3. The predicted molar refractivity (Wildman–Crippen MR) is 137 cm³/mol. The number of hydrogen-bond acceptors (Lipinski definition) is 6. The average Bonchev–Trinajstić information content (AvgIpc) is 3.23. The highest BCUT2D eigenvalue weighted by atomic mass is 32.2. The van der Waals surface area contributed by atoms with Crippen molar-refractivity contribution in [3.63, 3.8) is 0 Å². The molecule has 0 radical (unpaired) electrons. The van der Waals surface area contributed by atoms with Crippen LogP contribution >= 0.6 is 23.1 Å². The Hall–Kier alpha value is -2.91. The van der Waals surface area contributed by atoms with Gasteiger partial charge in [-0.1, -0.05) is 42.1 Å². The molecule has 0 atom stereocenters. The molecule has 7 nitrogen and oxygen atoms in total. The fraction of sp³-hybridized carbons (Fsp3) is 0.360. The van der Waals surface area contributed by atoms with Crippen molar-refractivity contribution in [3.05, 3.63) is 89.3 Å². The fourth-order valence-electron chi connectivity index (χ4n) is 4.47. The van der Waals surface area contributed by atoms with Gasteiger partial charge in [0.15, 0.2) is 5.16 Å². The fourth-order valence-corrected chi connectivity index (χ4v) is 6.82. The second-order valence-corrected chi connectivity index (χ2v) is 10.7. The summed E-state index contributed by atoms with van der Waals surface area (Å²) in [5.41, 5.74) is 2.26. The van der Waals surface area contributed by atoms with E-state index in [9.17, 15) is 14.4 Å². The largest absolute Gasteiger partial charge is 0.330 e. The zero-order valence-electron chi connectivity index (χ0n) is 19.2. The Kier molecular flexibility index (Phi) is 6.31. The van der Waals surface area contributed by atoms with Crippen LogP contribution in [0.2, 0.25) is 0 Å². The number of benzene rings is 1. The summed E-state index contributed by atoms with van der Waals surface area (Å²) in [6, 6.07) is 11.6. The lowest BCUT2D eigenvalue weighted by Crippen LogP contribution is -2.37. The molecule has 176 valence electrons. The first-order valence-electron chi connectivity index (χ1n) is 11.4. The molecule has 0 saturated heterocycles. The second-order valence-electron chi connectivity index (χ2n) is 8.64. The van der Waals surface area contributed by atoms with Gasteiger partial charge in [-0.25, -0.2) is 9.78 Å². The number of hydrogen-bond donors (Lipinski definition) is 0. The topological polar surface area (TPSA) is 78.9 Å². The Bertz CT molecular complexity index is 1550. The summed E-state index contributed by atoms with van der Waals surface area (Å²) in [7, 11) is 3.13. The normalized spacial score (nSPS) is 13.4. The lowest BCUT2D eigenvalue weighted by Gasteiger charge is -2.14. The van der Waals surface area contributed by atoms with Gasteiger partial charge in [0, 0.05) is 43.0 Å². The molecule has 0 saturated carbocycles. The van der Waals surface area contributed by atoms with Gasteiger partial charge < -0.3 is 0 Å². The molecular formula is C25H26N4O3S2. The first-order chi connectivity index (χ1) is 16.4. The van der Waals surface area contributed by atoms with E-state index in [4.69, 9.17) is 4.98 Å². The Labute approximate surface area is 204 Å². The molecule has 0 N–H and O–H groups in total. The van der Waals surface area contributed by atoms with Gasteiger partial charge in [-0.05, 0) is 43.2 Å². The van der Waals surface area contributed by atoms with Crippen molar-refractivity contribution in [2.75, 3.05) is 0 Å². The summed E-state index contributed by atoms with van der Waals surface area (Å²) in [5.74, 6) is 0.371. The molecule has 34 heavy (non-hydrogen) atoms. The van der Waals surface area contributed by atoms with Crippen LogP contribution in [0.15, 0.2) is 55.9 Å². The van der Waals surface area contributed by atoms with E-state index in [0.717, 1.165) is 52.5 Å². The molecule has 0 fully saturated rings. The van der Waals surface area contributed by atoms with Gasteiger partial charge in [0.1, 0.15) is 4.83 Å². The minimum Gasteiger partial charge on any atom is -0.300 e. The zero-order chi connectivity index (χ0) is 23.8. The van der Waals surface area contributed by atoms with Gasteiger partial charge >= 0.3 is 5.69 Å². The number of thiophene rings is 1. The van der Waals surface area contributed by atoms with Crippen LogP contribution < -0.4 is 16.8 Å². The van der Waals surface area contributed by atoms with Gasteiger partial charge in [-0.15, -0.1) is 11.3 Å². The molecule has 0 amide bonds. The minimum absolute atomic E-state index is 0.0145. The summed E-state index contributed by atoms with van der Waals surface area (Å²) in [6.07, 6.45) is 4.93. The molecule has 1 aliphatic carbocycles. The SMILES string of the molecule is Cn1c(CSc2nc3sc4c(c3c(=O)n2CCc2ccccc2)CCCC4)cc(=O)n(C)c1=O. The molecule has 0 spiro atoms. The van der Waals surface area contributed by atoms with E-state index in [1.165, 1.54) is 39.9 Å². The Morgan fingerprint density at radius 1 is 1.03 bits per heavy atom. The van der Waals surface area contributed by atoms with Crippen LogP contribution in [0.4, 0.5) is 0 Å². The van der Waals surface area contributed by atoms with Gasteiger partial charge in [-0.3, -0.25) is 23.3 Å². The maximum Gasteiger partial charge on any atom is 0.330 e. The van der Waals surface area contributed by atoms with Crippen LogP contribution in [-0.4, -0.2) is 18.7 Å². The molecule has 0 aliphatic heterocycles. The van der Waals surface area contributed by atoms with Gasteiger partial charge in [0.05, 0.1) is 5.39 Å². The highest BCUT2D eigenvalue weighted by Gasteiger charge is 2.22. The van der Waals surface area contributed by atoms with Crippen molar-refractivity contribution in [1.82, 2.24) is 18.7 Å². The van der Waals surface area contributed by atoms with Crippen LogP contribution in [-0.2, 0) is 45.7 Å². The van der Waals surface area contributed by atoms with Crippen molar-refractivity contribution in [1.29, 1.82) is 0 Å². The van der Waals surface area contributed by atoms with Gasteiger partial charge in [-0.2, -0.15) is 0 Å². The standard InChI is InChI=1S/C25H26N4O3S2/c1-27-17(14-20(30)28(2)25(27)32)15-33-24-26-22-21(18-10-6-7-11-19(18)34-22)23(31)29(24)13-12-16-8-4-3-5-9-16/h3-5,8-9,14H,6-7,10-13,15H2,1-2H3. The third-order valence-electron chi connectivity index (χ3n) is 6.48. The zero-order valence-corrected chi connectivity index (χ0v) is 20.9. The Balaban J connectivity index is 1.56. The van der Waals surface area contributed by atoms with Crippen molar-refractivity contribution >= 4 is 33.3 Å². The smallest absolute Gasteiger partial charge is 0.300 e. The summed E-state index contributed by atoms with van der Waals surface area (Å²) in [5, 5.41) is 1.40. The number of rotatable bonds is 6. The van der Waals surface area contributed by atoms with Crippen molar-refractivity contribution in [2.24, 2.45) is 14.1 Å². The third kappa shape index (κ3) is 4.18. The highest BCUT2D eigenvalue weighted by Crippen LogP contribution is 2.35. The first-order valence-corrected chi connectivity index (χ1v) is 13.2. The molecule has 0 bridgehead atoms. The predicted octanol–water partition coefficient (Wildman–Crippen LogP) is 3.27. The average molecular weight is 495 g/mol. The van der Waals surface area contributed by atoms with Gasteiger partial charge in [0.25, 0.3) is 11.1 Å². The van der Waals surface area contributed by atoms with Crippen LogP contribution in [0.1, 0.15) is 34.5 Å². The molecule has 1 aliphatic rings. The summed E-state index contributed by atoms with van der Waals surface area (Å²) in [4.78, 5) is 45.3. The van der Waals surface area contributed by atoms with E-state index in [1.807, 2.05) is 18.2 Å². The van der Waals surface area contributed by atoms with Crippen molar-refractivity contribution < 1.29 is 0 Å². The molecule has 5 rings (SSSR count). The molecule has 4 aromatic rings. The van der Waals surface area contributed by atoms with Gasteiger partial charge in [0.2, 0.25) is 0 Å². The van der Waals surface area contributed by atoms with Crippen LogP contribution in [0.3, 0.4) is 0 Å². The summed E-state index contributed by atoms with van der Waals surface area (Å²) < 4.78 is 4.34. The quantitative estimate of drug-likeness (QED) is 0.304. The monoisotopic (exact) mass is 494 g/mol. The number of thioether (sulfide) groups is 1. The molecule has 0 unspecified atom stereocenters. The molecule has 1 aromatic carbocycles.